The maximum Gasteiger partial charge on any atom is 0.242 e. The van der Waals surface area contributed by atoms with E-state index in [2.05, 4.69) is 29.8 Å². The number of halogens is 1. The van der Waals surface area contributed by atoms with Crippen LogP contribution in [0.5, 0.6) is 0 Å². The first kappa shape index (κ1) is 42.6. The Labute approximate surface area is 266 Å². The topological polar surface area (TPSA) is 120 Å². The van der Waals surface area contributed by atoms with Crippen LogP contribution in [0.3, 0.4) is 0 Å². The molecule has 0 aliphatic rings. The number of guanidine groups is 1. The van der Waals surface area contributed by atoms with Crippen molar-refractivity contribution in [3.63, 3.8) is 0 Å². The molecule has 0 aliphatic carbocycles. The monoisotopic (exact) mass is 616 g/mol. The molecule has 0 radical (unpaired) electrons. The number of hydrogen-bond donors (Lipinski definition) is 5. The Bertz CT molecular complexity index is 621. The number of carbonyl (C=O) groups is 2. The van der Waals surface area contributed by atoms with E-state index in [-0.39, 0.29) is 30.2 Å². The second-order valence-corrected chi connectivity index (χ2v) is 12.1. The number of rotatable bonds is 31. The van der Waals surface area contributed by atoms with E-state index < -0.39 is 6.04 Å². The minimum atomic E-state index is -0.526. The molecule has 0 aromatic rings. The lowest BCUT2D eigenvalue weighted by Gasteiger charge is -2.19. The third kappa shape index (κ3) is 31.4. The van der Waals surface area contributed by atoms with Gasteiger partial charge in [0.05, 0.1) is 0 Å². The third-order valence-corrected chi connectivity index (χ3v) is 7.97. The smallest absolute Gasteiger partial charge is 0.242 e. The first-order chi connectivity index (χ1) is 20.0. The van der Waals surface area contributed by atoms with Gasteiger partial charge in [-0.3, -0.25) is 15.0 Å². The van der Waals surface area contributed by atoms with Crippen molar-refractivity contribution < 1.29 is 9.59 Å². The molecular formula is C34H70ClN5O2. The van der Waals surface area contributed by atoms with Crippen LogP contribution in [0.2, 0.25) is 0 Å². The Balaban J connectivity index is 0. The van der Waals surface area contributed by atoms with Gasteiger partial charge in [-0.05, 0) is 25.7 Å². The SMILES string of the molecule is CCCCCCCCCCCCCCCCCCCC(=O)N[C@@H](CCCNC(=N)N)C(=O)NCCCCCCCC.Cl. The van der Waals surface area contributed by atoms with Gasteiger partial charge < -0.3 is 21.7 Å². The highest BCUT2D eigenvalue weighted by atomic mass is 35.5. The van der Waals surface area contributed by atoms with Crippen molar-refractivity contribution in [1.82, 2.24) is 16.0 Å². The van der Waals surface area contributed by atoms with E-state index in [4.69, 9.17) is 11.1 Å². The second-order valence-electron chi connectivity index (χ2n) is 12.1. The molecule has 0 rings (SSSR count). The molecule has 0 aromatic heterocycles. The van der Waals surface area contributed by atoms with Crippen LogP contribution in [0.15, 0.2) is 0 Å². The predicted molar refractivity (Wildman–Crippen MR) is 183 cm³/mol. The summed E-state index contributed by atoms with van der Waals surface area (Å²) in [5.74, 6) is -0.209. The van der Waals surface area contributed by atoms with Crippen molar-refractivity contribution in [2.24, 2.45) is 5.73 Å². The van der Waals surface area contributed by atoms with Crippen molar-refractivity contribution in [2.75, 3.05) is 13.1 Å². The van der Waals surface area contributed by atoms with Crippen molar-refractivity contribution >= 4 is 30.2 Å². The number of amides is 2. The zero-order chi connectivity index (χ0) is 30.2. The Kier molecular flexibility index (Phi) is 34.5. The highest BCUT2D eigenvalue weighted by Gasteiger charge is 2.20. The Morgan fingerprint density at radius 3 is 1.38 bits per heavy atom. The molecule has 0 saturated carbocycles. The van der Waals surface area contributed by atoms with Gasteiger partial charge in [-0.25, -0.2) is 0 Å². The van der Waals surface area contributed by atoms with Crippen LogP contribution in [0, 0.1) is 5.41 Å². The predicted octanol–water partition coefficient (Wildman–Crippen LogP) is 8.67. The standard InChI is InChI=1S/C34H69N5O2.ClH/c1-3-5-7-9-11-12-13-14-15-16-17-18-19-20-21-22-24-28-32(40)39-31(27-26-30-38-34(35)36)33(41)37-29-25-23-10-8-6-4-2;/h31H,3-30H2,1-2H3,(H,37,41)(H,39,40)(H4,35,36,38);1H/t31-;/m0./s1. The van der Waals surface area contributed by atoms with E-state index in [9.17, 15) is 9.59 Å². The normalized spacial score (nSPS) is 11.5. The molecule has 1 atom stereocenters. The van der Waals surface area contributed by atoms with Gasteiger partial charge in [-0.2, -0.15) is 0 Å². The summed E-state index contributed by atoms with van der Waals surface area (Å²) in [6.45, 7) is 5.66. The zero-order valence-electron chi connectivity index (χ0n) is 27.7. The van der Waals surface area contributed by atoms with Crippen LogP contribution in [0.25, 0.3) is 0 Å². The van der Waals surface area contributed by atoms with Crippen molar-refractivity contribution in [2.45, 2.75) is 187 Å². The molecule has 0 fully saturated rings. The summed E-state index contributed by atoms with van der Waals surface area (Å²) < 4.78 is 0. The summed E-state index contributed by atoms with van der Waals surface area (Å²) in [6.07, 6.45) is 31.2. The summed E-state index contributed by atoms with van der Waals surface area (Å²) in [5, 5.41) is 16.0. The quantitative estimate of drug-likeness (QED) is 0.0304. The number of nitrogens with two attached hydrogens (primary N) is 1. The fraction of sp³-hybridized carbons (Fsp3) is 0.912. The molecule has 0 unspecified atom stereocenters. The Morgan fingerprint density at radius 1 is 0.571 bits per heavy atom. The first-order valence-corrected chi connectivity index (χ1v) is 17.7. The lowest BCUT2D eigenvalue weighted by atomic mass is 10.0. The van der Waals surface area contributed by atoms with Crippen LogP contribution in [-0.4, -0.2) is 36.9 Å². The van der Waals surface area contributed by atoms with Crippen molar-refractivity contribution in [3.8, 4) is 0 Å². The zero-order valence-corrected chi connectivity index (χ0v) is 28.5. The van der Waals surface area contributed by atoms with Crippen LogP contribution >= 0.6 is 12.4 Å². The van der Waals surface area contributed by atoms with Gasteiger partial charge in [0.25, 0.3) is 0 Å². The molecule has 8 heteroatoms. The molecule has 0 aliphatic heterocycles. The maximum absolute atomic E-state index is 12.8. The van der Waals surface area contributed by atoms with Gasteiger partial charge in [0.2, 0.25) is 11.8 Å². The molecule has 6 N–H and O–H groups in total. The minimum Gasteiger partial charge on any atom is -0.370 e. The number of carbonyl (C=O) groups excluding carboxylic acids is 2. The number of unbranched alkanes of at least 4 members (excludes halogenated alkanes) is 21. The van der Waals surface area contributed by atoms with Crippen LogP contribution in [-0.2, 0) is 9.59 Å². The largest absolute Gasteiger partial charge is 0.370 e. The third-order valence-electron chi connectivity index (χ3n) is 7.97. The van der Waals surface area contributed by atoms with Gasteiger partial charge >= 0.3 is 0 Å². The van der Waals surface area contributed by atoms with Crippen LogP contribution in [0.1, 0.15) is 181 Å². The van der Waals surface area contributed by atoms with Gasteiger partial charge in [0, 0.05) is 19.5 Å². The van der Waals surface area contributed by atoms with Crippen LogP contribution < -0.4 is 21.7 Å². The Hall–Kier alpha value is -1.50. The van der Waals surface area contributed by atoms with E-state index in [1.54, 1.807) is 0 Å². The molecule has 0 bridgehead atoms. The molecule has 2 amide bonds. The average molecular weight is 616 g/mol. The van der Waals surface area contributed by atoms with Crippen LogP contribution in [0.4, 0.5) is 0 Å². The maximum atomic E-state index is 12.8. The van der Waals surface area contributed by atoms with E-state index in [1.165, 1.54) is 122 Å². The summed E-state index contributed by atoms with van der Waals surface area (Å²) in [5.41, 5.74) is 5.35. The molecule has 0 heterocycles. The number of nitrogens with one attached hydrogen (secondary N) is 4. The summed E-state index contributed by atoms with van der Waals surface area (Å²) in [4.78, 5) is 25.3. The van der Waals surface area contributed by atoms with Gasteiger partial charge in [-0.15, -0.1) is 12.4 Å². The lowest BCUT2D eigenvalue weighted by Crippen LogP contribution is -2.47. The lowest BCUT2D eigenvalue weighted by molar-refractivity contribution is -0.129. The average Bonchev–Trinajstić information content (AvgIpc) is 2.95. The van der Waals surface area contributed by atoms with E-state index in [0.717, 1.165) is 25.7 Å². The fourth-order valence-electron chi connectivity index (χ4n) is 5.32. The summed E-state index contributed by atoms with van der Waals surface area (Å²) in [7, 11) is 0. The highest BCUT2D eigenvalue weighted by molar-refractivity contribution is 5.87. The molecule has 7 nitrogen and oxygen atoms in total. The summed E-state index contributed by atoms with van der Waals surface area (Å²) in [6, 6.07) is -0.526. The molecule has 0 saturated heterocycles. The first-order valence-electron chi connectivity index (χ1n) is 17.7. The van der Waals surface area contributed by atoms with E-state index in [1.807, 2.05) is 0 Å². The van der Waals surface area contributed by atoms with E-state index in [0.29, 0.717) is 32.4 Å². The molecule has 0 aromatic carbocycles. The molecular weight excluding hydrogens is 546 g/mol. The molecule has 42 heavy (non-hydrogen) atoms. The van der Waals surface area contributed by atoms with Crippen molar-refractivity contribution in [3.05, 3.63) is 0 Å². The molecule has 250 valence electrons. The minimum absolute atomic E-state index is 0. The number of hydrogen-bond acceptors (Lipinski definition) is 3. The highest BCUT2D eigenvalue weighted by Crippen LogP contribution is 2.14. The second kappa shape index (κ2) is 34.0. The van der Waals surface area contributed by atoms with Crippen molar-refractivity contribution in [1.29, 1.82) is 5.41 Å². The summed E-state index contributed by atoms with van der Waals surface area (Å²) >= 11 is 0. The van der Waals surface area contributed by atoms with Gasteiger partial charge in [0.1, 0.15) is 6.04 Å². The van der Waals surface area contributed by atoms with Gasteiger partial charge in [0.15, 0.2) is 5.96 Å². The fourth-order valence-corrected chi connectivity index (χ4v) is 5.32. The Morgan fingerprint density at radius 2 is 0.952 bits per heavy atom. The molecule has 0 spiro atoms. The van der Waals surface area contributed by atoms with E-state index >= 15 is 0 Å². The van der Waals surface area contributed by atoms with Gasteiger partial charge in [-0.1, -0.05) is 149 Å².